The largest absolute Gasteiger partial charge is 0.478 e. The van der Waals surface area contributed by atoms with Gasteiger partial charge in [-0.2, -0.15) is 0 Å². The number of carbonyl (C=O) groups is 1. The first-order chi connectivity index (χ1) is 6.66. The predicted molar refractivity (Wildman–Crippen MR) is 58.1 cm³/mol. The zero-order chi connectivity index (χ0) is 10.1. The first-order valence-electron chi connectivity index (χ1n) is 4.39. The molecule has 0 saturated heterocycles. The molecular weight excluding hydrogens is 244 g/mol. The molecular formula is C11H9BrO2. The Morgan fingerprint density at radius 1 is 1.36 bits per heavy atom. The van der Waals surface area contributed by atoms with Gasteiger partial charge in [0, 0.05) is 10.0 Å². The Morgan fingerprint density at radius 3 is 2.86 bits per heavy atom. The molecule has 14 heavy (non-hydrogen) atoms. The highest BCUT2D eigenvalue weighted by Gasteiger charge is 2.14. The van der Waals surface area contributed by atoms with Crippen molar-refractivity contribution in [2.75, 3.05) is 0 Å². The molecule has 1 aromatic carbocycles. The van der Waals surface area contributed by atoms with Gasteiger partial charge < -0.3 is 5.11 Å². The summed E-state index contributed by atoms with van der Waals surface area (Å²) in [6.07, 6.45) is 3.20. The minimum Gasteiger partial charge on any atom is -0.478 e. The van der Waals surface area contributed by atoms with Gasteiger partial charge in [0.15, 0.2) is 0 Å². The summed E-state index contributed by atoms with van der Waals surface area (Å²) < 4.78 is 0.985. The first-order valence-corrected chi connectivity index (χ1v) is 5.18. The number of carboxylic acid groups (broad SMARTS) is 1. The number of aryl methyl sites for hydroxylation is 1. The Labute approximate surface area is 90.4 Å². The molecule has 0 fully saturated rings. The van der Waals surface area contributed by atoms with E-state index in [2.05, 4.69) is 15.9 Å². The molecule has 0 heterocycles. The Hall–Kier alpha value is -1.09. The molecule has 0 amide bonds. The van der Waals surface area contributed by atoms with Crippen LogP contribution in [0.5, 0.6) is 0 Å². The Balaban J connectivity index is 2.47. The standard InChI is InChI=1S/C11H9BrO2/c12-10-4-3-7-1-2-8(11(13)14)5-9(7)6-10/h3-6H,1-2H2,(H,13,14). The van der Waals surface area contributed by atoms with Crippen molar-refractivity contribution in [2.24, 2.45) is 0 Å². The minimum atomic E-state index is -0.810. The summed E-state index contributed by atoms with van der Waals surface area (Å²) in [6, 6.07) is 5.98. The molecule has 0 unspecified atom stereocenters. The first kappa shape index (κ1) is 9.46. The van der Waals surface area contributed by atoms with E-state index in [-0.39, 0.29) is 0 Å². The van der Waals surface area contributed by atoms with E-state index in [1.807, 2.05) is 18.2 Å². The second-order valence-corrected chi connectivity index (χ2v) is 4.23. The highest BCUT2D eigenvalue weighted by molar-refractivity contribution is 9.10. The Morgan fingerprint density at radius 2 is 2.14 bits per heavy atom. The second kappa shape index (κ2) is 3.58. The van der Waals surface area contributed by atoms with Gasteiger partial charge in [-0.25, -0.2) is 4.79 Å². The van der Waals surface area contributed by atoms with Crippen molar-refractivity contribution in [2.45, 2.75) is 12.8 Å². The van der Waals surface area contributed by atoms with Gasteiger partial charge in [0.05, 0.1) is 0 Å². The summed E-state index contributed by atoms with van der Waals surface area (Å²) in [4.78, 5) is 10.8. The lowest BCUT2D eigenvalue weighted by Gasteiger charge is -2.13. The highest BCUT2D eigenvalue weighted by atomic mass is 79.9. The third-order valence-corrected chi connectivity index (χ3v) is 2.87. The second-order valence-electron chi connectivity index (χ2n) is 3.32. The fourth-order valence-corrected chi connectivity index (χ4v) is 2.00. The van der Waals surface area contributed by atoms with Crippen molar-refractivity contribution in [1.29, 1.82) is 0 Å². The fourth-order valence-electron chi connectivity index (χ4n) is 1.63. The third kappa shape index (κ3) is 1.73. The number of fused-ring (bicyclic) bond motifs is 1. The molecule has 1 aliphatic rings. The van der Waals surface area contributed by atoms with Crippen molar-refractivity contribution in [3.05, 3.63) is 39.4 Å². The smallest absolute Gasteiger partial charge is 0.331 e. The normalized spacial score (nSPS) is 14.5. The molecule has 0 aromatic heterocycles. The van der Waals surface area contributed by atoms with Crippen LogP contribution >= 0.6 is 15.9 Å². The molecule has 0 atom stereocenters. The van der Waals surface area contributed by atoms with Crippen molar-refractivity contribution >= 4 is 28.0 Å². The van der Waals surface area contributed by atoms with Crippen molar-refractivity contribution < 1.29 is 9.90 Å². The van der Waals surface area contributed by atoms with Gasteiger partial charge in [-0.05, 0) is 42.2 Å². The van der Waals surface area contributed by atoms with E-state index >= 15 is 0 Å². The molecule has 2 nitrogen and oxygen atoms in total. The predicted octanol–water partition coefficient (Wildman–Crippen LogP) is 2.86. The molecule has 0 spiro atoms. The molecule has 0 bridgehead atoms. The lowest BCUT2D eigenvalue weighted by atomic mass is 9.92. The van der Waals surface area contributed by atoms with Crippen LogP contribution in [0.25, 0.3) is 6.08 Å². The van der Waals surface area contributed by atoms with Crippen LogP contribution in [-0.4, -0.2) is 11.1 Å². The maximum absolute atomic E-state index is 10.8. The third-order valence-electron chi connectivity index (χ3n) is 2.38. The fraction of sp³-hybridized carbons (Fsp3) is 0.182. The number of hydrogen-bond acceptors (Lipinski definition) is 1. The van der Waals surface area contributed by atoms with Gasteiger partial charge in [-0.1, -0.05) is 22.0 Å². The number of carboxylic acids is 1. The maximum Gasteiger partial charge on any atom is 0.331 e. The molecule has 0 radical (unpaired) electrons. The maximum atomic E-state index is 10.8. The van der Waals surface area contributed by atoms with Crippen molar-refractivity contribution in [3.63, 3.8) is 0 Å². The van der Waals surface area contributed by atoms with Gasteiger partial charge in [-0.15, -0.1) is 0 Å². The van der Waals surface area contributed by atoms with Gasteiger partial charge in [-0.3, -0.25) is 0 Å². The molecule has 0 saturated carbocycles. The summed E-state index contributed by atoms with van der Waals surface area (Å²) in [5, 5.41) is 8.85. The molecule has 0 aliphatic heterocycles. The van der Waals surface area contributed by atoms with E-state index in [0.29, 0.717) is 12.0 Å². The van der Waals surface area contributed by atoms with Crippen LogP contribution in [0.3, 0.4) is 0 Å². The number of aliphatic carboxylic acids is 1. The summed E-state index contributed by atoms with van der Waals surface area (Å²) >= 11 is 3.37. The van der Waals surface area contributed by atoms with Gasteiger partial charge >= 0.3 is 5.97 Å². The van der Waals surface area contributed by atoms with Gasteiger partial charge in [0.1, 0.15) is 0 Å². The number of benzene rings is 1. The average molecular weight is 253 g/mol. The number of halogens is 1. The lowest BCUT2D eigenvalue weighted by Crippen LogP contribution is -2.07. The van der Waals surface area contributed by atoms with Crippen LogP contribution in [0, 0.1) is 0 Å². The van der Waals surface area contributed by atoms with E-state index in [9.17, 15) is 4.79 Å². The average Bonchev–Trinajstić information content (AvgIpc) is 2.16. The van der Waals surface area contributed by atoms with Crippen LogP contribution in [-0.2, 0) is 11.2 Å². The van der Waals surface area contributed by atoms with Crippen LogP contribution in [0.2, 0.25) is 0 Å². The summed E-state index contributed by atoms with van der Waals surface area (Å²) in [5.41, 5.74) is 2.73. The molecule has 1 aliphatic carbocycles. The van der Waals surface area contributed by atoms with Crippen molar-refractivity contribution in [1.82, 2.24) is 0 Å². The lowest BCUT2D eigenvalue weighted by molar-refractivity contribution is -0.132. The zero-order valence-corrected chi connectivity index (χ0v) is 9.04. The zero-order valence-electron chi connectivity index (χ0n) is 7.46. The van der Waals surface area contributed by atoms with Gasteiger partial charge in [0.2, 0.25) is 0 Å². The monoisotopic (exact) mass is 252 g/mol. The topological polar surface area (TPSA) is 37.3 Å². The van der Waals surface area contributed by atoms with E-state index in [1.165, 1.54) is 5.56 Å². The van der Waals surface area contributed by atoms with Crippen LogP contribution in [0.15, 0.2) is 28.2 Å². The molecule has 1 aromatic rings. The SMILES string of the molecule is O=C(O)C1=Cc2cc(Br)ccc2CC1. The molecule has 1 N–H and O–H groups in total. The summed E-state index contributed by atoms with van der Waals surface area (Å²) in [5.74, 6) is -0.810. The van der Waals surface area contributed by atoms with Gasteiger partial charge in [0.25, 0.3) is 0 Å². The minimum absolute atomic E-state index is 0.496. The van der Waals surface area contributed by atoms with E-state index in [0.717, 1.165) is 16.5 Å². The highest BCUT2D eigenvalue weighted by Crippen LogP contribution is 2.26. The molecule has 3 heteroatoms. The van der Waals surface area contributed by atoms with Crippen LogP contribution in [0.4, 0.5) is 0 Å². The summed E-state index contributed by atoms with van der Waals surface area (Å²) in [7, 11) is 0. The number of hydrogen-bond donors (Lipinski definition) is 1. The van der Waals surface area contributed by atoms with Crippen LogP contribution in [0.1, 0.15) is 17.5 Å². The van der Waals surface area contributed by atoms with Crippen molar-refractivity contribution in [3.8, 4) is 0 Å². The molecule has 72 valence electrons. The number of rotatable bonds is 1. The Kier molecular flexibility index (Phi) is 2.42. The van der Waals surface area contributed by atoms with Crippen LogP contribution < -0.4 is 0 Å². The Bertz CT molecular complexity index is 421. The molecule has 2 rings (SSSR count). The van der Waals surface area contributed by atoms with E-state index in [1.54, 1.807) is 6.08 Å². The van der Waals surface area contributed by atoms with E-state index in [4.69, 9.17) is 5.11 Å². The van der Waals surface area contributed by atoms with E-state index < -0.39 is 5.97 Å². The summed E-state index contributed by atoms with van der Waals surface area (Å²) in [6.45, 7) is 0. The quantitative estimate of drug-likeness (QED) is 0.835.